The van der Waals surface area contributed by atoms with Gasteiger partial charge in [-0.25, -0.2) is 4.39 Å². The summed E-state index contributed by atoms with van der Waals surface area (Å²) in [5.74, 6) is -0.235. The molecule has 0 atom stereocenters. The first-order valence-electron chi connectivity index (χ1n) is 4.00. The van der Waals surface area contributed by atoms with Gasteiger partial charge in [0.2, 0.25) is 0 Å². The number of nitrogens with zero attached hydrogens (tertiary/aromatic N) is 1. The lowest BCUT2D eigenvalue weighted by Crippen LogP contribution is -2.00. The second-order valence-electron chi connectivity index (χ2n) is 2.80. The van der Waals surface area contributed by atoms with Crippen LogP contribution in [0.4, 0.5) is 4.39 Å². The van der Waals surface area contributed by atoms with E-state index in [4.69, 9.17) is 0 Å². The number of benzene rings is 1. The van der Waals surface area contributed by atoms with E-state index < -0.39 is 0 Å². The molecule has 0 saturated heterocycles. The highest BCUT2D eigenvalue weighted by Crippen LogP contribution is 2.12. The monoisotopic (exact) mass is 181 g/mol. The zero-order valence-electron chi connectivity index (χ0n) is 7.97. The average molecular weight is 181 g/mol. The van der Waals surface area contributed by atoms with E-state index in [0.29, 0.717) is 16.8 Å². The molecule has 0 aliphatic rings. The van der Waals surface area contributed by atoms with Crippen molar-refractivity contribution in [3.05, 3.63) is 35.1 Å². The fourth-order valence-corrected chi connectivity index (χ4v) is 1.11. The maximum Gasteiger partial charge on any atom is 0.135 e. The number of oxime groups is 1. The maximum atomic E-state index is 13.4. The van der Waals surface area contributed by atoms with Gasteiger partial charge in [-0.3, -0.25) is 0 Å². The first-order chi connectivity index (χ1) is 6.16. The van der Waals surface area contributed by atoms with E-state index in [1.165, 1.54) is 7.11 Å². The zero-order valence-corrected chi connectivity index (χ0v) is 7.97. The maximum absolute atomic E-state index is 13.4. The van der Waals surface area contributed by atoms with Crippen molar-refractivity contribution >= 4 is 5.71 Å². The van der Waals surface area contributed by atoms with Crippen LogP contribution in [0.15, 0.2) is 23.4 Å². The molecule has 0 bridgehead atoms. The van der Waals surface area contributed by atoms with Crippen LogP contribution < -0.4 is 0 Å². The smallest absolute Gasteiger partial charge is 0.135 e. The standard InChI is InChI=1S/C10H12FNO/c1-7-5-4-6-9(10(7)11)8(2)12-13-3/h4-6H,1-3H3/b12-8+. The lowest BCUT2D eigenvalue weighted by molar-refractivity contribution is 0.213. The van der Waals surface area contributed by atoms with Gasteiger partial charge in [0.25, 0.3) is 0 Å². The molecular weight excluding hydrogens is 169 g/mol. The zero-order chi connectivity index (χ0) is 9.84. The first kappa shape index (κ1) is 9.71. The number of halogens is 1. The molecular formula is C10H12FNO. The molecule has 0 heterocycles. The van der Waals surface area contributed by atoms with Crippen molar-refractivity contribution in [2.24, 2.45) is 5.16 Å². The summed E-state index contributed by atoms with van der Waals surface area (Å²) in [6, 6.07) is 5.20. The van der Waals surface area contributed by atoms with Crippen molar-refractivity contribution in [2.45, 2.75) is 13.8 Å². The summed E-state index contributed by atoms with van der Waals surface area (Å²) >= 11 is 0. The molecule has 70 valence electrons. The van der Waals surface area contributed by atoms with E-state index in [9.17, 15) is 4.39 Å². The predicted octanol–water partition coefficient (Wildman–Crippen LogP) is 2.50. The van der Waals surface area contributed by atoms with Gasteiger partial charge in [-0.2, -0.15) is 0 Å². The second kappa shape index (κ2) is 4.03. The summed E-state index contributed by atoms with van der Waals surface area (Å²) in [7, 11) is 1.44. The number of aryl methyl sites for hydroxylation is 1. The van der Waals surface area contributed by atoms with Crippen molar-refractivity contribution in [2.75, 3.05) is 7.11 Å². The highest BCUT2D eigenvalue weighted by molar-refractivity contribution is 5.98. The fourth-order valence-electron chi connectivity index (χ4n) is 1.11. The van der Waals surface area contributed by atoms with Crippen molar-refractivity contribution < 1.29 is 9.23 Å². The molecule has 1 aromatic carbocycles. The lowest BCUT2D eigenvalue weighted by atomic mass is 10.1. The largest absolute Gasteiger partial charge is 0.399 e. The van der Waals surface area contributed by atoms with Gasteiger partial charge in [0.05, 0.1) is 5.71 Å². The van der Waals surface area contributed by atoms with E-state index in [1.54, 1.807) is 32.0 Å². The molecule has 3 heteroatoms. The van der Waals surface area contributed by atoms with Crippen LogP contribution in [0.25, 0.3) is 0 Å². The van der Waals surface area contributed by atoms with E-state index in [1.807, 2.05) is 0 Å². The Labute approximate surface area is 77.0 Å². The molecule has 0 N–H and O–H groups in total. The molecule has 0 fully saturated rings. The molecule has 0 radical (unpaired) electrons. The summed E-state index contributed by atoms with van der Waals surface area (Å²) in [6.07, 6.45) is 0. The Morgan fingerprint density at radius 3 is 2.77 bits per heavy atom. The second-order valence-corrected chi connectivity index (χ2v) is 2.80. The Kier molecular flexibility index (Phi) is 3.01. The minimum absolute atomic E-state index is 0.235. The summed E-state index contributed by atoms with van der Waals surface area (Å²) < 4.78 is 13.4. The van der Waals surface area contributed by atoms with Crippen LogP contribution in [0.3, 0.4) is 0 Å². The van der Waals surface area contributed by atoms with Gasteiger partial charge < -0.3 is 4.84 Å². The minimum atomic E-state index is -0.235. The van der Waals surface area contributed by atoms with E-state index >= 15 is 0 Å². The Hall–Kier alpha value is -1.38. The molecule has 0 aliphatic carbocycles. The first-order valence-corrected chi connectivity index (χ1v) is 4.00. The lowest BCUT2D eigenvalue weighted by Gasteiger charge is -2.03. The van der Waals surface area contributed by atoms with Crippen LogP contribution in [0, 0.1) is 12.7 Å². The molecule has 0 spiro atoms. The summed E-state index contributed by atoms with van der Waals surface area (Å²) in [5.41, 5.74) is 1.65. The molecule has 0 saturated carbocycles. The summed E-state index contributed by atoms with van der Waals surface area (Å²) in [4.78, 5) is 4.57. The topological polar surface area (TPSA) is 21.6 Å². The molecule has 1 aromatic rings. The molecule has 0 amide bonds. The van der Waals surface area contributed by atoms with Gasteiger partial charge in [-0.15, -0.1) is 0 Å². The van der Waals surface area contributed by atoms with Crippen molar-refractivity contribution in [1.82, 2.24) is 0 Å². The number of hydrogen-bond acceptors (Lipinski definition) is 2. The van der Waals surface area contributed by atoms with Crippen molar-refractivity contribution in [3.63, 3.8) is 0 Å². The van der Waals surface area contributed by atoms with Crippen LogP contribution in [-0.4, -0.2) is 12.8 Å². The Morgan fingerprint density at radius 2 is 2.15 bits per heavy atom. The van der Waals surface area contributed by atoms with Gasteiger partial charge in [0.1, 0.15) is 12.9 Å². The van der Waals surface area contributed by atoms with Gasteiger partial charge in [0.15, 0.2) is 0 Å². The Bertz CT molecular complexity index is 334. The van der Waals surface area contributed by atoms with Crippen LogP contribution >= 0.6 is 0 Å². The summed E-state index contributed by atoms with van der Waals surface area (Å²) in [5, 5.41) is 3.67. The molecule has 0 aromatic heterocycles. The van der Waals surface area contributed by atoms with Gasteiger partial charge in [-0.05, 0) is 19.4 Å². The van der Waals surface area contributed by atoms with Gasteiger partial charge >= 0.3 is 0 Å². The van der Waals surface area contributed by atoms with Crippen LogP contribution in [0.5, 0.6) is 0 Å². The molecule has 0 aliphatic heterocycles. The van der Waals surface area contributed by atoms with Crippen LogP contribution in [0.2, 0.25) is 0 Å². The number of hydrogen-bond donors (Lipinski definition) is 0. The van der Waals surface area contributed by atoms with Crippen LogP contribution in [0.1, 0.15) is 18.1 Å². The quantitative estimate of drug-likeness (QED) is 0.507. The van der Waals surface area contributed by atoms with Gasteiger partial charge in [0, 0.05) is 5.56 Å². The fraction of sp³-hybridized carbons (Fsp3) is 0.300. The SMILES string of the molecule is CO/N=C(\C)c1cccc(C)c1F. The molecule has 13 heavy (non-hydrogen) atoms. The van der Waals surface area contributed by atoms with E-state index in [0.717, 1.165) is 0 Å². The molecule has 1 rings (SSSR count). The highest BCUT2D eigenvalue weighted by Gasteiger charge is 2.07. The summed E-state index contributed by atoms with van der Waals surface area (Å²) in [6.45, 7) is 3.43. The van der Waals surface area contributed by atoms with Crippen molar-refractivity contribution in [3.8, 4) is 0 Å². The third kappa shape index (κ3) is 2.05. The molecule has 0 unspecified atom stereocenters. The predicted molar refractivity (Wildman–Crippen MR) is 50.4 cm³/mol. The minimum Gasteiger partial charge on any atom is -0.399 e. The average Bonchev–Trinajstić information content (AvgIpc) is 2.10. The van der Waals surface area contributed by atoms with Crippen molar-refractivity contribution in [1.29, 1.82) is 0 Å². The van der Waals surface area contributed by atoms with Crippen LogP contribution in [-0.2, 0) is 4.84 Å². The van der Waals surface area contributed by atoms with E-state index in [2.05, 4.69) is 9.99 Å². The normalized spacial score (nSPS) is 11.5. The third-order valence-electron chi connectivity index (χ3n) is 1.81. The molecule has 2 nitrogen and oxygen atoms in total. The Morgan fingerprint density at radius 1 is 1.46 bits per heavy atom. The van der Waals surface area contributed by atoms with E-state index in [-0.39, 0.29) is 5.82 Å². The Balaban J connectivity index is 3.15. The third-order valence-corrected chi connectivity index (χ3v) is 1.81. The van der Waals surface area contributed by atoms with Gasteiger partial charge in [-0.1, -0.05) is 23.4 Å². The highest BCUT2D eigenvalue weighted by atomic mass is 19.1. The number of rotatable bonds is 2.